The van der Waals surface area contributed by atoms with Gasteiger partial charge in [-0.2, -0.15) is 0 Å². The largest absolute Gasteiger partial charge is 0.493 e. The minimum atomic E-state index is -0.966. The van der Waals surface area contributed by atoms with E-state index in [-0.39, 0.29) is 29.9 Å². The van der Waals surface area contributed by atoms with Crippen molar-refractivity contribution in [1.29, 1.82) is 0 Å². The minimum absolute atomic E-state index is 0.0806. The van der Waals surface area contributed by atoms with Gasteiger partial charge in [0.15, 0.2) is 11.5 Å². The van der Waals surface area contributed by atoms with Crippen molar-refractivity contribution in [2.24, 2.45) is 11.8 Å². The van der Waals surface area contributed by atoms with E-state index in [4.69, 9.17) is 14.2 Å². The molecule has 0 radical (unpaired) electrons. The lowest BCUT2D eigenvalue weighted by molar-refractivity contribution is -0.197. The van der Waals surface area contributed by atoms with Gasteiger partial charge in [0.2, 0.25) is 5.91 Å². The lowest BCUT2D eigenvalue weighted by Gasteiger charge is -2.62. The summed E-state index contributed by atoms with van der Waals surface area (Å²) in [6.45, 7) is 2.17. The molecule has 6 atom stereocenters. The molecule has 1 spiro atoms. The molecule has 5 aliphatic heterocycles. The van der Waals surface area contributed by atoms with Gasteiger partial charge in [-0.1, -0.05) is 11.6 Å². The van der Waals surface area contributed by atoms with Crippen molar-refractivity contribution in [3.63, 3.8) is 0 Å². The molecule has 1 aromatic carbocycles. The molecule has 7 heteroatoms. The van der Waals surface area contributed by atoms with Crippen LogP contribution in [0.5, 0.6) is 11.5 Å². The predicted octanol–water partition coefficient (Wildman–Crippen LogP) is 1.43. The first kappa shape index (κ1) is 17.6. The Hall–Kier alpha value is -2.09. The second kappa shape index (κ2) is 5.39. The van der Waals surface area contributed by atoms with E-state index in [9.17, 15) is 9.90 Å². The van der Waals surface area contributed by atoms with Crippen LogP contribution < -0.4 is 14.4 Å². The number of aliphatic hydroxyl groups is 1. The number of fused-ring (bicyclic) bond motifs is 2. The van der Waals surface area contributed by atoms with E-state index in [2.05, 4.69) is 11.0 Å². The number of anilines is 1. The number of ether oxygens (including phenoxy) is 3. The zero-order valence-electron chi connectivity index (χ0n) is 17.3. The first-order valence-electron chi connectivity index (χ1n) is 10.9. The van der Waals surface area contributed by atoms with E-state index in [0.29, 0.717) is 30.9 Å². The Labute approximate surface area is 175 Å². The summed E-state index contributed by atoms with van der Waals surface area (Å²) >= 11 is 0. The molecule has 158 valence electrons. The van der Waals surface area contributed by atoms with Gasteiger partial charge in [0.1, 0.15) is 5.72 Å². The van der Waals surface area contributed by atoms with E-state index in [0.717, 1.165) is 30.8 Å². The number of hydrogen-bond donors (Lipinski definition) is 1. The van der Waals surface area contributed by atoms with E-state index in [1.54, 1.807) is 14.2 Å². The molecular formula is C23H26N2O5. The quantitative estimate of drug-likeness (QED) is 0.744. The maximum atomic E-state index is 13.5. The lowest BCUT2D eigenvalue weighted by atomic mass is 9.52. The molecule has 6 aliphatic rings. The molecule has 0 aromatic heterocycles. The van der Waals surface area contributed by atoms with Crippen LogP contribution in [0, 0.1) is 11.8 Å². The van der Waals surface area contributed by atoms with Crippen LogP contribution in [0.25, 0.3) is 0 Å². The van der Waals surface area contributed by atoms with Crippen LogP contribution in [0.4, 0.5) is 5.69 Å². The molecule has 4 fully saturated rings. The number of rotatable bonds is 2. The predicted molar refractivity (Wildman–Crippen MR) is 108 cm³/mol. The highest BCUT2D eigenvalue weighted by Crippen LogP contribution is 2.69. The number of amides is 1. The monoisotopic (exact) mass is 410 g/mol. The van der Waals surface area contributed by atoms with Crippen LogP contribution in [-0.2, 0) is 14.9 Å². The second-order valence-electron chi connectivity index (χ2n) is 9.64. The molecule has 1 amide bonds. The van der Waals surface area contributed by atoms with Gasteiger partial charge in [-0.05, 0) is 30.4 Å². The molecule has 7 nitrogen and oxygen atoms in total. The van der Waals surface area contributed by atoms with Crippen LogP contribution in [0.2, 0.25) is 0 Å². The number of benzene rings is 1. The van der Waals surface area contributed by atoms with Gasteiger partial charge >= 0.3 is 0 Å². The smallest absolute Gasteiger partial charge is 0.229 e. The van der Waals surface area contributed by atoms with Crippen molar-refractivity contribution in [3.05, 3.63) is 29.3 Å². The minimum Gasteiger partial charge on any atom is -0.493 e. The van der Waals surface area contributed by atoms with Crippen molar-refractivity contribution >= 4 is 11.6 Å². The number of methoxy groups -OCH3 is 2. The SMILES string of the molecule is COc1cc2c(cc1OC)[C@]13CCN4CC5=CCO[C@@H]6CC(=O)N2[C@H]1[C@@H]6[C@H]5C[C@@]43O. The number of hydrogen-bond acceptors (Lipinski definition) is 6. The molecule has 5 heterocycles. The lowest BCUT2D eigenvalue weighted by Crippen LogP contribution is -2.74. The van der Waals surface area contributed by atoms with E-state index < -0.39 is 11.1 Å². The Morgan fingerprint density at radius 3 is 2.83 bits per heavy atom. The van der Waals surface area contributed by atoms with Crippen LogP contribution in [0.3, 0.4) is 0 Å². The molecule has 0 unspecified atom stereocenters. The van der Waals surface area contributed by atoms with Gasteiger partial charge in [-0.25, -0.2) is 0 Å². The summed E-state index contributed by atoms with van der Waals surface area (Å²) < 4.78 is 17.4. The number of carbonyl (C=O) groups excluding carboxylic acids is 1. The number of piperidine rings is 2. The van der Waals surface area contributed by atoms with Gasteiger partial charge in [-0.15, -0.1) is 0 Å². The summed E-state index contributed by atoms with van der Waals surface area (Å²) in [4.78, 5) is 17.7. The summed E-state index contributed by atoms with van der Waals surface area (Å²) in [5.41, 5.74) is 1.78. The zero-order chi connectivity index (χ0) is 20.4. The highest BCUT2D eigenvalue weighted by atomic mass is 16.5. The van der Waals surface area contributed by atoms with Crippen molar-refractivity contribution in [3.8, 4) is 11.5 Å². The summed E-state index contributed by atoms with van der Waals surface area (Å²) in [5.74, 6) is 1.79. The van der Waals surface area contributed by atoms with Gasteiger partial charge in [-0.3, -0.25) is 9.69 Å². The summed E-state index contributed by atoms with van der Waals surface area (Å²) in [5, 5.41) is 12.3. The average molecular weight is 410 g/mol. The number of nitrogens with zero attached hydrogens (tertiary/aromatic N) is 2. The van der Waals surface area contributed by atoms with Crippen LogP contribution in [-0.4, -0.2) is 67.7 Å². The van der Waals surface area contributed by atoms with Crippen LogP contribution >= 0.6 is 0 Å². The third-order valence-corrected chi connectivity index (χ3v) is 8.95. The fourth-order valence-electron chi connectivity index (χ4n) is 7.89. The topological polar surface area (TPSA) is 71.5 Å². The maximum absolute atomic E-state index is 13.5. The van der Waals surface area contributed by atoms with Gasteiger partial charge in [0.25, 0.3) is 0 Å². The molecule has 7 rings (SSSR count). The Morgan fingerprint density at radius 1 is 1.23 bits per heavy atom. The number of carbonyl (C=O) groups is 1. The molecule has 1 aromatic rings. The van der Waals surface area contributed by atoms with Crippen molar-refractivity contribution < 1.29 is 24.1 Å². The normalized spacial score (nSPS) is 42.6. The van der Waals surface area contributed by atoms with Crippen LogP contribution in [0.1, 0.15) is 24.8 Å². The molecule has 2 bridgehead atoms. The van der Waals surface area contributed by atoms with Crippen LogP contribution in [0.15, 0.2) is 23.8 Å². The van der Waals surface area contributed by atoms with Crippen molar-refractivity contribution in [2.45, 2.75) is 42.5 Å². The van der Waals surface area contributed by atoms with Gasteiger partial charge in [0, 0.05) is 25.1 Å². The summed E-state index contributed by atoms with van der Waals surface area (Å²) in [6.07, 6.45) is 4.03. The second-order valence-corrected chi connectivity index (χ2v) is 9.64. The Morgan fingerprint density at radius 2 is 2.03 bits per heavy atom. The van der Waals surface area contributed by atoms with Crippen molar-refractivity contribution in [2.75, 3.05) is 38.8 Å². The molecule has 1 aliphatic carbocycles. The Kier molecular flexibility index (Phi) is 3.16. The highest BCUT2D eigenvalue weighted by Gasteiger charge is 2.77. The zero-order valence-corrected chi connectivity index (χ0v) is 17.3. The van der Waals surface area contributed by atoms with E-state index >= 15 is 0 Å². The molecule has 1 saturated carbocycles. The third kappa shape index (κ3) is 1.68. The van der Waals surface area contributed by atoms with Gasteiger partial charge in [0.05, 0.1) is 50.5 Å². The molecular weight excluding hydrogens is 384 g/mol. The Balaban J connectivity index is 1.55. The molecule has 3 saturated heterocycles. The first-order chi connectivity index (χ1) is 14.5. The summed E-state index contributed by atoms with van der Waals surface area (Å²) in [6, 6.07) is 3.84. The summed E-state index contributed by atoms with van der Waals surface area (Å²) in [7, 11) is 3.25. The fourth-order valence-corrected chi connectivity index (χ4v) is 7.89. The third-order valence-electron chi connectivity index (χ3n) is 8.95. The maximum Gasteiger partial charge on any atom is 0.229 e. The van der Waals surface area contributed by atoms with E-state index in [1.807, 2.05) is 17.0 Å². The van der Waals surface area contributed by atoms with E-state index in [1.165, 1.54) is 5.57 Å². The van der Waals surface area contributed by atoms with Crippen molar-refractivity contribution in [1.82, 2.24) is 4.90 Å². The van der Waals surface area contributed by atoms with Gasteiger partial charge < -0.3 is 24.2 Å². The average Bonchev–Trinajstić information content (AvgIpc) is 3.15. The standard InChI is InChI=1S/C23H26N2O5/c1-28-16-7-14-15(8-17(16)29-2)25-19(26)9-18-20-13-10-23(27)22(14,21(20)25)4-5-24(23)11-12(13)3-6-30-18/h3,7-8,13,18,20-21,27H,4-6,9-11H2,1-2H3/t13-,18+,20+,21-,22+,23-/m0/s1. The first-order valence-corrected chi connectivity index (χ1v) is 10.9. The Bertz CT molecular complexity index is 1020. The molecule has 30 heavy (non-hydrogen) atoms. The fraction of sp³-hybridized carbons (Fsp3) is 0.609. The molecule has 1 N–H and O–H groups in total. The highest BCUT2D eigenvalue weighted by molar-refractivity contribution is 6.00.